The van der Waals surface area contributed by atoms with Crippen molar-refractivity contribution in [3.05, 3.63) is 5.89 Å². The lowest BCUT2D eigenvalue weighted by atomic mass is 9.80. The fourth-order valence-electron chi connectivity index (χ4n) is 3.00. The van der Waals surface area contributed by atoms with Crippen LogP contribution in [0.15, 0.2) is 9.64 Å². The molecule has 1 saturated carbocycles. The number of nitrogens with one attached hydrogen (secondary N) is 1. The Morgan fingerprint density at radius 2 is 2.11 bits per heavy atom. The minimum absolute atomic E-state index is 0.530. The lowest BCUT2D eigenvalue weighted by Crippen LogP contribution is -2.46. The first-order chi connectivity index (χ1) is 9.10. The van der Waals surface area contributed by atoms with Gasteiger partial charge in [0, 0.05) is 18.2 Å². The summed E-state index contributed by atoms with van der Waals surface area (Å²) >= 11 is 1.75. The van der Waals surface area contributed by atoms with Gasteiger partial charge in [0.1, 0.15) is 0 Å². The quantitative estimate of drug-likeness (QED) is 0.898. The lowest BCUT2D eigenvalue weighted by Gasteiger charge is -2.39. The molecule has 1 aliphatic carbocycles. The standard InChI is InChI=1S/C14H25N3OS/c1-5-6-15-12-8-9(2)7-10(3)13(12)19-14-17-16-11(4)18-14/h9-10,12-13,15H,5-8H2,1-4H3. The summed E-state index contributed by atoms with van der Waals surface area (Å²) in [5, 5.41) is 13.0. The first kappa shape index (κ1) is 14.9. The minimum atomic E-state index is 0.530. The molecule has 0 radical (unpaired) electrons. The highest BCUT2D eigenvalue weighted by Gasteiger charge is 2.35. The predicted octanol–water partition coefficient (Wildman–Crippen LogP) is 3.27. The van der Waals surface area contributed by atoms with E-state index in [1.807, 2.05) is 6.92 Å². The van der Waals surface area contributed by atoms with E-state index < -0.39 is 0 Å². The van der Waals surface area contributed by atoms with Crippen LogP contribution in [0.25, 0.3) is 0 Å². The molecule has 1 aromatic rings. The van der Waals surface area contributed by atoms with Gasteiger partial charge in [-0.3, -0.25) is 0 Å². The lowest BCUT2D eigenvalue weighted by molar-refractivity contribution is 0.248. The fourth-order valence-corrected chi connectivity index (χ4v) is 4.20. The zero-order valence-corrected chi connectivity index (χ0v) is 13.2. The van der Waals surface area contributed by atoms with E-state index in [0.717, 1.165) is 12.5 Å². The summed E-state index contributed by atoms with van der Waals surface area (Å²) in [5.74, 6) is 2.12. The summed E-state index contributed by atoms with van der Waals surface area (Å²) in [7, 11) is 0. The minimum Gasteiger partial charge on any atom is -0.416 e. The molecular weight excluding hydrogens is 258 g/mol. The normalized spacial score (nSPS) is 31.6. The van der Waals surface area contributed by atoms with E-state index in [1.165, 1.54) is 19.3 Å². The number of aromatic nitrogens is 2. The highest BCUT2D eigenvalue weighted by molar-refractivity contribution is 7.99. The molecule has 108 valence electrons. The Balaban J connectivity index is 2.04. The first-order valence-corrected chi connectivity index (χ1v) is 8.18. The molecule has 4 nitrogen and oxygen atoms in total. The molecule has 1 N–H and O–H groups in total. The van der Waals surface area contributed by atoms with Gasteiger partial charge in [0.05, 0.1) is 0 Å². The molecule has 1 fully saturated rings. The van der Waals surface area contributed by atoms with Crippen LogP contribution < -0.4 is 5.32 Å². The van der Waals surface area contributed by atoms with E-state index in [0.29, 0.717) is 28.3 Å². The zero-order valence-electron chi connectivity index (χ0n) is 12.3. The van der Waals surface area contributed by atoms with Crippen molar-refractivity contribution >= 4 is 11.8 Å². The third-order valence-corrected chi connectivity index (χ3v) is 5.22. The average molecular weight is 283 g/mol. The molecule has 0 aromatic carbocycles. The SMILES string of the molecule is CCCNC1CC(C)CC(C)C1Sc1nnc(C)o1. The maximum Gasteiger partial charge on any atom is 0.276 e. The van der Waals surface area contributed by atoms with Crippen LogP contribution in [0.4, 0.5) is 0 Å². The second-order valence-corrected chi connectivity index (χ2v) is 6.91. The van der Waals surface area contributed by atoms with E-state index in [-0.39, 0.29) is 0 Å². The monoisotopic (exact) mass is 283 g/mol. The van der Waals surface area contributed by atoms with Gasteiger partial charge in [-0.15, -0.1) is 10.2 Å². The maximum atomic E-state index is 5.53. The number of aryl methyl sites for hydroxylation is 1. The van der Waals surface area contributed by atoms with Crippen molar-refractivity contribution in [3.8, 4) is 0 Å². The number of hydrogen-bond donors (Lipinski definition) is 1. The molecule has 2 rings (SSSR count). The average Bonchev–Trinajstić information content (AvgIpc) is 2.76. The second kappa shape index (κ2) is 6.75. The molecule has 0 saturated heterocycles. The van der Waals surface area contributed by atoms with Crippen molar-refractivity contribution in [2.24, 2.45) is 11.8 Å². The molecule has 0 spiro atoms. The largest absolute Gasteiger partial charge is 0.416 e. The first-order valence-electron chi connectivity index (χ1n) is 7.30. The van der Waals surface area contributed by atoms with E-state index in [1.54, 1.807) is 11.8 Å². The Labute approximate surface area is 120 Å². The Kier molecular flexibility index (Phi) is 5.28. The third-order valence-electron chi connectivity index (χ3n) is 3.79. The van der Waals surface area contributed by atoms with Gasteiger partial charge in [-0.25, -0.2) is 0 Å². The van der Waals surface area contributed by atoms with Gasteiger partial charge in [0.25, 0.3) is 5.22 Å². The Hall–Kier alpha value is -0.550. The number of nitrogens with zero attached hydrogens (tertiary/aromatic N) is 2. The molecule has 5 heteroatoms. The van der Waals surface area contributed by atoms with Crippen LogP contribution in [0.3, 0.4) is 0 Å². The van der Waals surface area contributed by atoms with Crippen LogP contribution in [0, 0.1) is 18.8 Å². The van der Waals surface area contributed by atoms with Gasteiger partial charge >= 0.3 is 0 Å². The molecule has 4 atom stereocenters. The molecule has 1 heterocycles. The molecule has 0 bridgehead atoms. The van der Waals surface area contributed by atoms with Gasteiger partial charge in [0.15, 0.2) is 0 Å². The summed E-state index contributed by atoms with van der Waals surface area (Å²) < 4.78 is 5.53. The number of hydrogen-bond acceptors (Lipinski definition) is 5. The predicted molar refractivity (Wildman–Crippen MR) is 78.3 cm³/mol. The highest BCUT2D eigenvalue weighted by atomic mass is 32.2. The molecular formula is C14H25N3OS. The summed E-state index contributed by atoms with van der Waals surface area (Å²) in [5.41, 5.74) is 0. The Bertz CT molecular complexity index is 396. The van der Waals surface area contributed by atoms with Gasteiger partial charge < -0.3 is 9.73 Å². The smallest absolute Gasteiger partial charge is 0.276 e. The number of rotatable bonds is 5. The fraction of sp³-hybridized carbons (Fsp3) is 0.857. The van der Waals surface area contributed by atoms with E-state index >= 15 is 0 Å². The van der Waals surface area contributed by atoms with Crippen molar-refractivity contribution < 1.29 is 4.42 Å². The highest BCUT2D eigenvalue weighted by Crippen LogP contribution is 2.39. The third kappa shape index (κ3) is 3.96. The van der Waals surface area contributed by atoms with Crippen molar-refractivity contribution in [2.45, 2.75) is 63.5 Å². The molecule has 4 unspecified atom stereocenters. The maximum absolute atomic E-state index is 5.53. The van der Waals surface area contributed by atoms with Crippen molar-refractivity contribution in [2.75, 3.05) is 6.54 Å². The van der Waals surface area contributed by atoms with Crippen molar-refractivity contribution in [3.63, 3.8) is 0 Å². The number of thioether (sulfide) groups is 1. The summed E-state index contributed by atoms with van der Waals surface area (Å²) in [6, 6.07) is 0.552. The molecule has 0 amide bonds. The van der Waals surface area contributed by atoms with Crippen LogP contribution >= 0.6 is 11.8 Å². The van der Waals surface area contributed by atoms with Crippen LogP contribution in [-0.4, -0.2) is 28.0 Å². The molecule has 19 heavy (non-hydrogen) atoms. The van der Waals surface area contributed by atoms with Crippen LogP contribution in [-0.2, 0) is 0 Å². The zero-order chi connectivity index (χ0) is 13.8. The summed E-state index contributed by atoms with van der Waals surface area (Å²) in [4.78, 5) is 0. The van der Waals surface area contributed by atoms with Crippen molar-refractivity contribution in [1.29, 1.82) is 0 Å². The van der Waals surface area contributed by atoms with E-state index in [2.05, 4.69) is 36.3 Å². The van der Waals surface area contributed by atoms with Crippen LogP contribution in [0.1, 0.15) is 45.9 Å². The Morgan fingerprint density at radius 3 is 2.74 bits per heavy atom. The second-order valence-electron chi connectivity index (χ2n) is 5.78. The van der Waals surface area contributed by atoms with Crippen molar-refractivity contribution in [1.82, 2.24) is 15.5 Å². The summed E-state index contributed by atoms with van der Waals surface area (Å²) in [6.07, 6.45) is 3.71. The van der Waals surface area contributed by atoms with Crippen LogP contribution in [0.2, 0.25) is 0 Å². The van der Waals surface area contributed by atoms with E-state index in [9.17, 15) is 0 Å². The van der Waals surface area contributed by atoms with Crippen LogP contribution in [0.5, 0.6) is 0 Å². The Morgan fingerprint density at radius 1 is 1.32 bits per heavy atom. The molecule has 1 aliphatic rings. The van der Waals surface area contributed by atoms with Gasteiger partial charge in [-0.05, 0) is 37.6 Å². The van der Waals surface area contributed by atoms with Gasteiger partial charge in [-0.1, -0.05) is 32.5 Å². The topological polar surface area (TPSA) is 51.0 Å². The van der Waals surface area contributed by atoms with Gasteiger partial charge in [0.2, 0.25) is 5.89 Å². The molecule has 0 aliphatic heterocycles. The summed E-state index contributed by atoms with van der Waals surface area (Å²) in [6.45, 7) is 9.85. The van der Waals surface area contributed by atoms with E-state index in [4.69, 9.17) is 4.42 Å². The molecule has 1 aromatic heterocycles. The van der Waals surface area contributed by atoms with Gasteiger partial charge in [-0.2, -0.15) is 0 Å².